The molecule has 1 aromatic heterocycles. The molecule has 6 nitrogen and oxygen atoms in total. The monoisotopic (exact) mass is 299 g/mol. The van der Waals surface area contributed by atoms with Crippen LogP contribution in [0.4, 0.5) is 5.82 Å². The smallest absolute Gasteiger partial charge is 0.263 e. The molecule has 1 N–H and O–H groups in total. The Balaban J connectivity index is 1.82. The summed E-state index contributed by atoms with van der Waals surface area (Å²) in [5.41, 5.74) is 0.589. The van der Waals surface area contributed by atoms with Gasteiger partial charge >= 0.3 is 0 Å². The molecule has 1 fully saturated rings. The van der Waals surface area contributed by atoms with E-state index >= 15 is 0 Å². The summed E-state index contributed by atoms with van der Waals surface area (Å²) in [5.74, 6) is 1.61. The maximum Gasteiger partial charge on any atom is 0.263 e. The lowest BCUT2D eigenvalue weighted by Gasteiger charge is -2.31. The van der Waals surface area contributed by atoms with E-state index < -0.39 is 0 Å². The Bertz CT molecular complexity index is 645. The summed E-state index contributed by atoms with van der Waals surface area (Å²) < 4.78 is 5.78. The third-order valence-corrected chi connectivity index (χ3v) is 3.57. The number of ether oxygens (including phenoxy) is 1. The zero-order valence-corrected chi connectivity index (χ0v) is 12.1. The zero-order chi connectivity index (χ0) is 15.4. The second kappa shape index (κ2) is 6.53. The number of piperidine rings is 1. The van der Waals surface area contributed by atoms with E-state index in [-0.39, 0.29) is 6.10 Å². The van der Waals surface area contributed by atoms with Crippen molar-refractivity contribution in [1.82, 2.24) is 9.97 Å². The first-order chi connectivity index (χ1) is 10.8. The van der Waals surface area contributed by atoms with Crippen molar-refractivity contribution in [3.8, 4) is 11.6 Å². The fraction of sp³-hybridized carbons (Fsp3) is 0.312. The van der Waals surface area contributed by atoms with Crippen LogP contribution < -0.4 is 9.64 Å². The minimum Gasteiger partial charge on any atom is -0.436 e. The van der Waals surface area contributed by atoms with Crippen molar-refractivity contribution in [2.24, 2.45) is 0 Å². The Kier molecular flexibility index (Phi) is 4.29. The molecule has 3 rings (SSSR count). The summed E-state index contributed by atoms with van der Waals surface area (Å²) in [6.45, 7) is 1.34. The number of carbonyl (C=O) groups excluding carboxylic acids is 1. The molecular formula is C16H17N3O3. The second-order valence-corrected chi connectivity index (χ2v) is 5.22. The SMILES string of the molecule is O=Cc1ccc(Oc2nccnc2N2CCCC(O)C2)cc1. The maximum atomic E-state index is 10.7. The number of carbonyl (C=O) groups is 1. The molecule has 0 spiro atoms. The number of nitrogens with zero attached hydrogens (tertiary/aromatic N) is 3. The van der Waals surface area contributed by atoms with E-state index in [9.17, 15) is 9.90 Å². The van der Waals surface area contributed by atoms with Gasteiger partial charge in [-0.15, -0.1) is 0 Å². The number of benzene rings is 1. The van der Waals surface area contributed by atoms with Crippen molar-refractivity contribution in [3.63, 3.8) is 0 Å². The van der Waals surface area contributed by atoms with E-state index in [0.717, 1.165) is 25.7 Å². The predicted octanol–water partition coefficient (Wildman–Crippen LogP) is 2.04. The van der Waals surface area contributed by atoms with Gasteiger partial charge in [-0.05, 0) is 37.1 Å². The van der Waals surface area contributed by atoms with Gasteiger partial charge < -0.3 is 14.7 Å². The first kappa shape index (κ1) is 14.5. The summed E-state index contributed by atoms with van der Waals surface area (Å²) in [7, 11) is 0. The normalized spacial score (nSPS) is 18.0. The van der Waals surface area contributed by atoms with Crippen LogP contribution in [0.15, 0.2) is 36.7 Å². The number of rotatable bonds is 4. The molecule has 1 aromatic carbocycles. The lowest BCUT2D eigenvalue weighted by Crippen LogP contribution is -2.38. The molecule has 114 valence electrons. The molecule has 6 heteroatoms. The molecule has 0 saturated carbocycles. The number of aromatic nitrogens is 2. The first-order valence-corrected chi connectivity index (χ1v) is 7.23. The molecule has 1 unspecified atom stereocenters. The van der Waals surface area contributed by atoms with Crippen molar-refractivity contribution in [3.05, 3.63) is 42.2 Å². The van der Waals surface area contributed by atoms with E-state index in [1.165, 1.54) is 0 Å². The highest BCUT2D eigenvalue weighted by Crippen LogP contribution is 2.29. The second-order valence-electron chi connectivity index (χ2n) is 5.22. The molecule has 0 amide bonds. The van der Waals surface area contributed by atoms with Gasteiger partial charge in [0.05, 0.1) is 6.10 Å². The summed E-state index contributed by atoms with van der Waals surface area (Å²) >= 11 is 0. The van der Waals surface area contributed by atoms with Crippen LogP contribution in [0.5, 0.6) is 11.6 Å². The van der Waals surface area contributed by atoms with Crippen LogP contribution in [0.3, 0.4) is 0 Å². The molecule has 22 heavy (non-hydrogen) atoms. The number of aliphatic hydroxyl groups excluding tert-OH is 1. The molecule has 0 bridgehead atoms. The Morgan fingerprint density at radius 2 is 2.00 bits per heavy atom. The molecule has 0 aliphatic carbocycles. The summed E-state index contributed by atoms with van der Waals surface area (Å²) in [4.78, 5) is 21.2. The Labute approximate surface area is 128 Å². The summed E-state index contributed by atoms with van der Waals surface area (Å²) in [5, 5.41) is 9.82. The van der Waals surface area contributed by atoms with Crippen LogP contribution in [0.1, 0.15) is 23.2 Å². The Morgan fingerprint density at radius 1 is 1.23 bits per heavy atom. The summed E-state index contributed by atoms with van der Waals surface area (Å²) in [6, 6.07) is 6.80. The van der Waals surface area contributed by atoms with Crippen LogP contribution >= 0.6 is 0 Å². The van der Waals surface area contributed by atoms with Gasteiger partial charge in [-0.2, -0.15) is 0 Å². The van der Waals surface area contributed by atoms with Crippen molar-refractivity contribution >= 4 is 12.1 Å². The van der Waals surface area contributed by atoms with E-state index in [1.807, 2.05) is 4.90 Å². The minimum atomic E-state index is -0.351. The third kappa shape index (κ3) is 3.23. The minimum absolute atomic E-state index is 0.351. The Hall–Kier alpha value is -2.47. The topological polar surface area (TPSA) is 75.5 Å². The van der Waals surface area contributed by atoms with Gasteiger partial charge in [0.1, 0.15) is 12.0 Å². The Morgan fingerprint density at radius 3 is 2.73 bits per heavy atom. The fourth-order valence-electron chi connectivity index (χ4n) is 2.48. The van der Waals surface area contributed by atoms with Gasteiger partial charge in [0.25, 0.3) is 5.88 Å². The maximum absolute atomic E-state index is 10.7. The van der Waals surface area contributed by atoms with E-state index in [2.05, 4.69) is 9.97 Å². The van der Waals surface area contributed by atoms with Crippen LogP contribution in [-0.4, -0.2) is 40.6 Å². The quantitative estimate of drug-likeness (QED) is 0.871. The van der Waals surface area contributed by atoms with Crippen molar-refractivity contribution in [2.45, 2.75) is 18.9 Å². The number of hydrogen-bond acceptors (Lipinski definition) is 6. The number of hydrogen-bond donors (Lipinski definition) is 1. The van der Waals surface area contributed by atoms with Crippen LogP contribution in [0.2, 0.25) is 0 Å². The van der Waals surface area contributed by atoms with Crippen LogP contribution in [-0.2, 0) is 0 Å². The first-order valence-electron chi connectivity index (χ1n) is 7.23. The number of anilines is 1. The molecule has 1 aliphatic heterocycles. The van der Waals surface area contributed by atoms with Gasteiger partial charge in [-0.25, -0.2) is 9.97 Å². The van der Waals surface area contributed by atoms with E-state index in [4.69, 9.17) is 4.74 Å². The van der Waals surface area contributed by atoms with Crippen molar-refractivity contribution in [2.75, 3.05) is 18.0 Å². The van der Waals surface area contributed by atoms with Crippen LogP contribution in [0, 0.1) is 0 Å². The van der Waals surface area contributed by atoms with Gasteiger partial charge in [0.2, 0.25) is 0 Å². The molecule has 2 heterocycles. The van der Waals surface area contributed by atoms with Gasteiger partial charge in [-0.1, -0.05) is 0 Å². The predicted molar refractivity (Wildman–Crippen MR) is 81.4 cm³/mol. The molecule has 0 radical (unpaired) electrons. The standard InChI is InChI=1S/C16H17N3O3/c20-11-12-3-5-14(6-4-12)22-16-15(17-7-8-18-16)19-9-1-2-13(21)10-19/h3-8,11,13,21H,1-2,9-10H2. The molecule has 2 aromatic rings. The van der Waals surface area contributed by atoms with E-state index in [1.54, 1.807) is 36.7 Å². The van der Waals surface area contributed by atoms with E-state index in [0.29, 0.717) is 29.6 Å². The molecule has 1 atom stereocenters. The third-order valence-electron chi connectivity index (χ3n) is 3.57. The number of aldehydes is 1. The van der Waals surface area contributed by atoms with Crippen LogP contribution in [0.25, 0.3) is 0 Å². The summed E-state index contributed by atoms with van der Waals surface area (Å²) in [6.07, 6.45) is 5.32. The highest BCUT2D eigenvalue weighted by atomic mass is 16.5. The molecular weight excluding hydrogens is 282 g/mol. The van der Waals surface area contributed by atoms with Crippen molar-refractivity contribution < 1.29 is 14.6 Å². The molecule has 1 aliphatic rings. The zero-order valence-electron chi connectivity index (χ0n) is 12.1. The average molecular weight is 299 g/mol. The molecule has 1 saturated heterocycles. The van der Waals surface area contributed by atoms with Gasteiger partial charge in [0, 0.05) is 31.0 Å². The number of aliphatic hydroxyl groups is 1. The lowest BCUT2D eigenvalue weighted by atomic mass is 10.1. The van der Waals surface area contributed by atoms with Crippen molar-refractivity contribution in [1.29, 1.82) is 0 Å². The largest absolute Gasteiger partial charge is 0.436 e. The average Bonchev–Trinajstić information content (AvgIpc) is 2.56. The fourth-order valence-corrected chi connectivity index (χ4v) is 2.48. The lowest BCUT2D eigenvalue weighted by molar-refractivity contribution is 0.112. The van der Waals surface area contributed by atoms with Gasteiger partial charge in [0.15, 0.2) is 5.82 Å². The highest BCUT2D eigenvalue weighted by Gasteiger charge is 2.22. The van der Waals surface area contributed by atoms with Gasteiger partial charge in [-0.3, -0.25) is 4.79 Å². The highest BCUT2D eigenvalue weighted by molar-refractivity contribution is 5.74. The number of β-amino-alcohol motifs (C(OH)–C–C–N with tert-alkyl or cyclic N) is 1.